The Balaban J connectivity index is 3.60. The van der Waals surface area contributed by atoms with Gasteiger partial charge in [-0.05, 0) is 123 Å². The lowest BCUT2D eigenvalue weighted by Gasteiger charge is -2.49. The Labute approximate surface area is 447 Å². The largest absolute Gasteiger partial charge is 0.668 e. The minimum absolute atomic E-state index is 0.181. The second-order valence-corrected chi connectivity index (χ2v) is 38.5. The third-order valence-corrected chi connectivity index (χ3v) is 38.6. The summed E-state index contributed by atoms with van der Waals surface area (Å²) in [5, 5.41) is 0. The Morgan fingerprint density at radius 1 is 0.271 bits per heavy atom. The van der Waals surface area contributed by atoms with Crippen molar-refractivity contribution in [2.75, 3.05) is 116 Å². The fourth-order valence-corrected chi connectivity index (χ4v) is 37.7. The molecule has 1 aliphatic rings. The Morgan fingerprint density at radius 2 is 0.471 bits per heavy atom. The minimum atomic E-state index is -4.74. The third kappa shape index (κ3) is 25.7. The fourth-order valence-electron chi connectivity index (χ4n) is 7.13. The molecule has 0 saturated carbocycles. The van der Waals surface area contributed by atoms with Gasteiger partial charge >= 0.3 is 62.4 Å². The predicted molar refractivity (Wildman–Crippen MR) is 296 cm³/mol. The van der Waals surface area contributed by atoms with Crippen LogP contribution in [0.1, 0.15) is 123 Å². The van der Waals surface area contributed by atoms with E-state index in [9.17, 15) is 0 Å². The van der Waals surface area contributed by atoms with E-state index in [4.69, 9.17) is 82.5 Å². The van der Waals surface area contributed by atoms with Gasteiger partial charge in [-0.2, -0.15) is 0 Å². The fraction of sp³-hybridized carbons (Fsp3) is 1.00. The van der Waals surface area contributed by atoms with E-state index in [1.165, 1.54) is 0 Å². The maximum absolute atomic E-state index is 7.32. The van der Waals surface area contributed by atoms with E-state index in [0.29, 0.717) is 91.0 Å². The van der Waals surface area contributed by atoms with Crippen molar-refractivity contribution in [2.45, 2.75) is 147 Å². The zero-order chi connectivity index (χ0) is 52.1. The van der Waals surface area contributed by atoms with Crippen LogP contribution in [-0.2, 0) is 82.5 Å². The van der Waals surface area contributed by atoms with Crippen LogP contribution < -0.4 is 0 Å². The Hall–Kier alpha value is 2.16. The summed E-state index contributed by atoms with van der Waals surface area (Å²) in [7, 11) is -19.0. The van der Waals surface area contributed by atoms with Crippen molar-refractivity contribution in [3.8, 4) is 0 Å². The van der Waals surface area contributed by atoms with Crippen LogP contribution in [0.15, 0.2) is 0 Å². The summed E-state index contributed by atoms with van der Waals surface area (Å²) >= 11 is 0. The molecule has 0 aromatic heterocycles. The van der Waals surface area contributed by atoms with Gasteiger partial charge in [0.2, 0.25) is 0 Å². The standard InChI is InChI=1S/C40H94O19S4Si7/c1-15-41-64(42-16-2,43-17-3)37-29-33-60-62-35-31-39-66(47-21-7,48-22-8)55-70(58-68(51-25-11,52-26-12)57-69(59-70,53-27-13)54-28-14)56-67(49-23-9,50-24-10)40-32-36-63-61-34-30-38-65(44-18-4,45-19-5)46-20-6/h15-40H2,1-14H3. The topological polar surface area (TPSA) is 175 Å². The van der Waals surface area contributed by atoms with E-state index >= 15 is 0 Å². The first-order valence-electron chi connectivity index (χ1n) is 25.7. The van der Waals surface area contributed by atoms with E-state index in [0.717, 1.165) is 47.9 Å². The molecule has 1 saturated heterocycles. The van der Waals surface area contributed by atoms with Gasteiger partial charge in [0.05, 0.1) is 0 Å². The van der Waals surface area contributed by atoms with Gasteiger partial charge in [-0.25, -0.2) is 0 Å². The molecule has 0 aromatic carbocycles. The van der Waals surface area contributed by atoms with E-state index in [-0.39, 0.29) is 26.4 Å². The molecule has 1 aliphatic heterocycles. The molecule has 0 amide bonds. The predicted octanol–water partition coefficient (Wildman–Crippen LogP) is 9.98. The molecule has 420 valence electrons. The summed E-state index contributed by atoms with van der Waals surface area (Å²) in [6, 6.07) is 2.38. The second kappa shape index (κ2) is 40.4. The molecule has 0 N–H and O–H groups in total. The van der Waals surface area contributed by atoms with Crippen molar-refractivity contribution in [3.05, 3.63) is 0 Å². The van der Waals surface area contributed by atoms with Crippen LogP contribution >= 0.6 is 43.2 Å². The molecule has 0 bridgehead atoms. The van der Waals surface area contributed by atoms with Crippen molar-refractivity contribution in [2.24, 2.45) is 0 Å². The molecule has 70 heavy (non-hydrogen) atoms. The molecule has 0 aromatic rings. The van der Waals surface area contributed by atoms with E-state index < -0.39 is 62.4 Å². The molecule has 0 radical (unpaired) electrons. The lowest BCUT2D eigenvalue weighted by atomic mass is 10.6. The molecule has 1 heterocycles. The van der Waals surface area contributed by atoms with Gasteiger partial charge in [-0.3, -0.25) is 0 Å². The molecular weight excluding hydrogens is 1110 g/mol. The highest BCUT2D eigenvalue weighted by Crippen LogP contribution is 2.41. The van der Waals surface area contributed by atoms with Gasteiger partial charge in [-0.1, -0.05) is 43.2 Å². The van der Waals surface area contributed by atoms with E-state index in [1.807, 2.05) is 96.9 Å². The summed E-state index contributed by atoms with van der Waals surface area (Å²) < 4.78 is 124. The SMILES string of the molecule is CCO[Si](CCCSSCCC[Si](OCC)(OCC)O[Si]1(O[Si](CCCSSCCC[Si](OCC)(OCC)OCC)(OCC)OCC)O[Si](OCC)(OCC)O[Si](OCC)(OCC)O1)(OCC)OCC. The number of hydrogen-bond donors (Lipinski definition) is 0. The first kappa shape index (κ1) is 70.2. The maximum Gasteiger partial charge on any atom is 0.668 e. The van der Waals surface area contributed by atoms with Gasteiger partial charge in [0.15, 0.2) is 0 Å². The van der Waals surface area contributed by atoms with E-state index in [1.54, 1.807) is 43.2 Å². The Bertz CT molecular complexity index is 1130. The molecular formula is C40H94O19S4Si7. The number of hydrogen-bond acceptors (Lipinski definition) is 23. The monoisotopic (exact) mass is 1200 g/mol. The zero-order valence-electron chi connectivity index (χ0n) is 45.3. The van der Waals surface area contributed by atoms with Crippen molar-refractivity contribution in [1.29, 1.82) is 0 Å². The third-order valence-electron chi connectivity index (χ3n) is 9.25. The first-order chi connectivity index (χ1) is 33.8. The van der Waals surface area contributed by atoms with Crippen molar-refractivity contribution in [3.63, 3.8) is 0 Å². The quantitative estimate of drug-likeness (QED) is 0.0319. The van der Waals surface area contributed by atoms with Crippen LogP contribution in [0.4, 0.5) is 0 Å². The van der Waals surface area contributed by atoms with Crippen LogP contribution in [0.25, 0.3) is 0 Å². The molecule has 19 nitrogen and oxygen atoms in total. The van der Waals surface area contributed by atoms with Gasteiger partial charge in [0.25, 0.3) is 0 Å². The smallest absolute Gasteiger partial charge is 0.374 e. The first-order valence-corrected chi connectivity index (χ1v) is 43.3. The van der Waals surface area contributed by atoms with Gasteiger partial charge in [-0.15, -0.1) is 0 Å². The molecule has 30 heteroatoms. The van der Waals surface area contributed by atoms with Crippen molar-refractivity contribution >= 4 is 106 Å². The maximum atomic E-state index is 7.32. The second-order valence-electron chi connectivity index (χ2n) is 14.5. The highest BCUT2D eigenvalue weighted by Gasteiger charge is 2.78. The molecule has 0 unspecified atom stereocenters. The summed E-state index contributed by atoms with van der Waals surface area (Å²) in [4.78, 5) is 0. The molecule has 0 atom stereocenters. The van der Waals surface area contributed by atoms with Crippen LogP contribution in [0, 0.1) is 0 Å². The van der Waals surface area contributed by atoms with Crippen LogP contribution in [-0.4, -0.2) is 178 Å². The van der Waals surface area contributed by atoms with Crippen molar-refractivity contribution < 1.29 is 82.5 Å². The molecule has 0 aliphatic carbocycles. The lowest BCUT2D eigenvalue weighted by molar-refractivity contribution is -0.0995. The summed E-state index contributed by atoms with van der Waals surface area (Å²) in [5.74, 6) is 3.41. The van der Waals surface area contributed by atoms with Gasteiger partial charge in [0, 0.05) is 140 Å². The minimum Gasteiger partial charge on any atom is -0.374 e. The summed E-state index contributed by atoms with van der Waals surface area (Å²) in [6.07, 6.45) is 3.21. The van der Waals surface area contributed by atoms with Crippen LogP contribution in [0.5, 0.6) is 0 Å². The van der Waals surface area contributed by atoms with Crippen LogP contribution in [0.3, 0.4) is 0 Å². The normalized spacial score (nSPS) is 16.4. The molecule has 1 rings (SSSR count). The average Bonchev–Trinajstić information content (AvgIpc) is 3.29. The van der Waals surface area contributed by atoms with E-state index in [2.05, 4.69) is 0 Å². The highest BCUT2D eigenvalue weighted by molar-refractivity contribution is 8.77. The lowest BCUT2D eigenvalue weighted by Crippen LogP contribution is -2.79. The Kier molecular flexibility index (Phi) is 40.5. The summed E-state index contributed by atoms with van der Waals surface area (Å²) in [5.41, 5.74) is 0. The van der Waals surface area contributed by atoms with Crippen LogP contribution in [0.2, 0.25) is 24.2 Å². The number of rotatable bonds is 50. The zero-order valence-corrected chi connectivity index (χ0v) is 55.5. The highest BCUT2D eigenvalue weighted by atomic mass is 33.1. The average molecular weight is 1200 g/mol. The summed E-state index contributed by atoms with van der Waals surface area (Å²) in [6.45, 7) is 32.1. The molecule has 0 spiro atoms. The Morgan fingerprint density at radius 3 is 0.686 bits per heavy atom. The van der Waals surface area contributed by atoms with Gasteiger partial charge < -0.3 is 82.5 Å². The molecule has 1 fully saturated rings. The van der Waals surface area contributed by atoms with Crippen molar-refractivity contribution in [1.82, 2.24) is 0 Å². The van der Waals surface area contributed by atoms with Gasteiger partial charge in [0.1, 0.15) is 0 Å².